The van der Waals surface area contributed by atoms with E-state index in [9.17, 15) is 12.8 Å². The van der Waals surface area contributed by atoms with Crippen molar-refractivity contribution in [2.45, 2.75) is 31.7 Å². The van der Waals surface area contributed by atoms with Gasteiger partial charge in [-0.15, -0.1) is 0 Å². The van der Waals surface area contributed by atoms with Gasteiger partial charge in [0.2, 0.25) is 10.0 Å². The van der Waals surface area contributed by atoms with E-state index in [1.165, 1.54) is 12.1 Å². The Morgan fingerprint density at radius 3 is 2.46 bits per heavy atom. The lowest BCUT2D eigenvalue weighted by atomic mass is 10.1. The van der Waals surface area contributed by atoms with Gasteiger partial charge >= 0.3 is 0 Å². The number of aromatic nitrogens is 2. The molecule has 0 aliphatic heterocycles. The molecule has 3 aromatic rings. The van der Waals surface area contributed by atoms with Crippen LogP contribution in [0.25, 0.3) is 5.69 Å². The minimum absolute atomic E-state index is 0.0699. The number of nitrogens with zero attached hydrogens (tertiary/aromatic N) is 2. The molecule has 0 aliphatic carbocycles. The molecule has 0 bridgehead atoms. The predicted octanol–water partition coefficient (Wildman–Crippen LogP) is 3.68. The van der Waals surface area contributed by atoms with E-state index in [2.05, 4.69) is 9.82 Å². The molecule has 0 saturated heterocycles. The van der Waals surface area contributed by atoms with Crippen LogP contribution < -0.4 is 9.46 Å². The second-order valence-corrected chi connectivity index (χ2v) is 8.23. The van der Waals surface area contributed by atoms with Gasteiger partial charge in [-0.05, 0) is 62.7 Å². The zero-order chi connectivity index (χ0) is 20.5. The van der Waals surface area contributed by atoms with Gasteiger partial charge < -0.3 is 4.74 Å². The number of rotatable bonds is 6. The molecular formula is C20H22FN3O3S. The highest BCUT2D eigenvalue weighted by atomic mass is 32.2. The average Bonchev–Trinajstić information content (AvgIpc) is 3.05. The van der Waals surface area contributed by atoms with E-state index in [1.807, 2.05) is 31.2 Å². The van der Waals surface area contributed by atoms with Gasteiger partial charge in [-0.2, -0.15) is 5.10 Å². The molecule has 1 N–H and O–H groups in total. The molecule has 0 fully saturated rings. The van der Waals surface area contributed by atoms with Crippen LogP contribution in [0.15, 0.2) is 53.6 Å². The smallest absolute Gasteiger partial charge is 0.241 e. The van der Waals surface area contributed by atoms with Crippen molar-refractivity contribution in [2.75, 3.05) is 7.11 Å². The molecule has 1 atom stereocenters. The minimum atomic E-state index is -3.89. The fraction of sp³-hybridized carbons (Fsp3) is 0.250. The van der Waals surface area contributed by atoms with Crippen molar-refractivity contribution in [1.29, 1.82) is 0 Å². The molecule has 0 spiro atoms. The van der Waals surface area contributed by atoms with E-state index in [0.717, 1.165) is 28.8 Å². The molecule has 1 heterocycles. The van der Waals surface area contributed by atoms with Crippen molar-refractivity contribution >= 4 is 10.0 Å². The molecule has 1 aromatic heterocycles. The Morgan fingerprint density at radius 1 is 1.14 bits per heavy atom. The number of halogens is 1. The lowest BCUT2D eigenvalue weighted by molar-refractivity contribution is 0.414. The summed E-state index contributed by atoms with van der Waals surface area (Å²) in [5.41, 5.74) is 2.84. The second-order valence-electron chi connectivity index (χ2n) is 6.55. The second kappa shape index (κ2) is 7.73. The zero-order valence-electron chi connectivity index (χ0n) is 16.1. The first kappa shape index (κ1) is 20.0. The Morgan fingerprint density at radius 2 is 1.82 bits per heavy atom. The van der Waals surface area contributed by atoms with E-state index in [0.29, 0.717) is 5.56 Å². The van der Waals surface area contributed by atoms with Gasteiger partial charge in [-0.3, -0.25) is 0 Å². The summed E-state index contributed by atoms with van der Waals surface area (Å²) in [5, 5.41) is 4.38. The van der Waals surface area contributed by atoms with Crippen LogP contribution in [0.1, 0.15) is 29.8 Å². The third-order valence-corrected chi connectivity index (χ3v) is 6.29. The van der Waals surface area contributed by atoms with E-state index in [4.69, 9.17) is 4.74 Å². The van der Waals surface area contributed by atoms with Crippen molar-refractivity contribution in [3.63, 3.8) is 0 Å². The Balaban J connectivity index is 1.88. The predicted molar refractivity (Wildman–Crippen MR) is 105 cm³/mol. The lowest BCUT2D eigenvalue weighted by Crippen LogP contribution is -2.28. The van der Waals surface area contributed by atoms with Crippen molar-refractivity contribution in [1.82, 2.24) is 14.5 Å². The topological polar surface area (TPSA) is 73.2 Å². The molecule has 0 amide bonds. The molecule has 2 aromatic carbocycles. The molecular weight excluding hydrogens is 381 g/mol. The first-order chi connectivity index (χ1) is 13.2. The van der Waals surface area contributed by atoms with E-state index >= 15 is 0 Å². The third kappa shape index (κ3) is 3.93. The van der Waals surface area contributed by atoms with E-state index in [-0.39, 0.29) is 4.90 Å². The highest BCUT2D eigenvalue weighted by Gasteiger charge is 2.23. The Labute approximate surface area is 164 Å². The van der Waals surface area contributed by atoms with Crippen LogP contribution >= 0.6 is 0 Å². The summed E-state index contributed by atoms with van der Waals surface area (Å²) in [4.78, 5) is -0.0699. The summed E-state index contributed by atoms with van der Waals surface area (Å²) in [7, 11) is -2.29. The van der Waals surface area contributed by atoms with Crippen LogP contribution in [0.2, 0.25) is 0 Å². The summed E-state index contributed by atoms with van der Waals surface area (Å²) in [6, 6.07) is 10.6. The lowest BCUT2D eigenvalue weighted by Gasteiger charge is -2.16. The monoisotopic (exact) mass is 403 g/mol. The normalized spacial score (nSPS) is 12.8. The number of hydrogen-bond donors (Lipinski definition) is 1. The molecule has 0 unspecified atom stereocenters. The Kier molecular flexibility index (Phi) is 5.53. The maximum absolute atomic E-state index is 13.5. The highest BCUT2D eigenvalue weighted by molar-refractivity contribution is 7.89. The number of hydrogen-bond acceptors (Lipinski definition) is 4. The summed E-state index contributed by atoms with van der Waals surface area (Å²) in [6.45, 7) is 5.23. The van der Waals surface area contributed by atoms with Gasteiger partial charge in [-0.1, -0.05) is 6.07 Å². The van der Waals surface area contributed by atoms with Crippen LogP contribution in [-0.4, -0.2) is 25.3 Å². The zero-order valence-corrected chi connectivity index (χ0v) is 16.9. The van der Waals surface area contributed by atoms with Crippen molar-refractivity contribution in [2.24, 2.45) is 0 Å². The maximum atomic E-state index is 13.5. The van der Waals surface area contributed by atoms with Crippen molar-refractivity contribution in [3.05, 3.63) is 71.3 Å². The molecule has 6 nitrogen and oxygen atoms in total. The van der Waals surface area contributed by atoms with Gasteiger partial charge in [0.05, 0.1) is 23.9 Å². The number of ether oxygens (including phenoxy) is 1. The van der Waals surface area contributed by atoms with Gasteiger partial charge in [-0.25, -0.2) is 22.2 Å². The summed E-state index contributed by atoms with van der Waals surface area (Å²) in [5.74, 6) is 0.141. The van der Waals surface area contributed by atoms with E-state index in [1.54, 1.807) is 31.8 Å². The molecule has 28 heavy (non-hydrogen) atoms. The molecule has 0 saturated carbocycles. The number of benzene rings is 2. The molecule has 148 valence electrons. The Bertz CT molecular complexity index is 1090. The fourth-order valence-electron chi connectivity index (χ4n) is 3.05. The third-order valence-electron chi connectivity index (χ3n) is 4.60. The fourth-order valence-corrected chi connectivity index (χ4v) is 4.53. The highest BCUT2D eigenvalue weighted by Crippen LogP contribution is 2.24. The van der Waals surface area contributed by atoms with Crippen molar-refractivity contribution in [3.8, 4) is 11.4 Å². The van der Waals surface area contributed by atoms with Gasteiger partial charge in [0.1, 0.15) is 11.6 Å². The SMILES string of the molecule is COc1ccc(-n2ncc([C@@H](C)NS(=O)(=O)c3cc(F)ccc3C)c2C)cc1. The largest absolute Gasteiger partial charge is 0.497 e. The van der Waals surface area contributed by atoms with Crippen molar-refractivity contribution < 1.29 is 17.5 Å². The van der Waals surface area contributed by atoms with Crippen LogP contribution in [-0.2, 0) is 10.0 Å². The van der Waals surface area contributed by atoms with Crippen LogP contribution in [0.5, 0.6) is 5.75 Å². The van der Waals surface area contributed by atoms with Crippen LogP contribution in [0.3, 0.4) is 0 Å². The standard InChI is InChI=1S/C20H22FN3O3S/c1-13-5-6-16(21)11-20(13)28(25,26)23-14(2)19-12-22-24(15(19)3)17-7-9-18(27-4)10-8-17/h5-12,14,23H,1-4H3/t14-/m1/s1. The number of aryl methyl sites for hydroxylation is 1. The summed E-state index contributed by atoms with van der Waals surface area (Å²) in [6.07, 6.45) is 1.63. The molecule has 0 aliphatic rings. The van der Waals surface area contributed by atoms with Crippen LogP contribution in [0, 0.1) is 19.7 Å². The summed E-state index contributed by atoms with van der Waals surface area (Å²) < 4.78 is 48.5. The quantitative estimate of drug-likeness (QED) is 0.681. The maximum Gasteiger partial charge on any atom is 0.241 e. The Hall–Kier alpha value is -2.71. The van der Waals surface area contributed by atoms with Crippen LogP contribution in [0.4, 0.5) is 4.39 Å². The minimum Gasteiger partial charge on any atom is -0.497 e. The first-order valence-corrected chi connectivity index (χ1v) is 10.2. The number of nitrogens with one attached hydrogen (secondary N) is 1. The van der Waals surface area contributed by atoms with Gasteiger partial charge in [0.15, 0.2) is 0 Å². The first-order valence-electron chi connectivity index (χ1n) is 8.70. The summed E-state index contributed by atoms with van der Waals surface area (Å²) >= 11 is 0. The van der Waals surface area contributed by atoms with Gasteiger partial charge in [0, 0.05) is 17.3 Å². The number of methoxy groups -OCH3 is 1. The average molecular weight is 403 g/mol. The van der Waals surface area contributed by atoms with E-state index < -0.39 is 21.9 Å². The molecule has 8 heteroatoms. The molecule has 3 rings (SSSR count). The molecule has 0 radical (unpaired) electrons. The van der Waals surface area contributed by atoms with Gasteiger partial charge in [0.25, 0.3) is 0 Å². The number of sulfonamides is 1.